The van der Waals surface area contributed by atoms with E-state index in [1.54, 1.807) is 11.1 Å². The van der Waals surface area contributed by atoms with E-state index in [4.69, 9.17) is 0 Å². The number of benzene rings is 2. The van der Waals surface area contributed by atoms with Gasteiger partial charge in [-0.25, -0.2) is 0 Å². The maximum Gasteiger partial charge on any atom is 0.0123 e. The molecule has 0 aliphatic heterocycles. The van der Waals surface area contributed by atoms with Crippen LogP contribution in [-0.2, 0) is 6.42 Å². The highest BCUT2D eigenvalue weighted by atomic mass is 14.4. The molecule has 4 rings (SSSR count). The Kier molecular flexibility index (Phi) is 2.16. The van der Waals surface area contributed by atoms with Crippen molar-refractivity contribution in [1.82, 2.24) is 0 Å². The van der Waals surface area contributed by atoms with E-state index in [0.29, 0.717) is 11.8 Å². The monoisotopic (exact) mass is 232 g/mol. The summed E-state index contributed by atoms with van der Waals surface area (Å²) < 4.78 is 0. The molecule has 2 aliphatic carbocycles. The molecule has 0 spiro atoms. The van der Waals surface area contributed by atoms with Gasteiger partial charge in [0, 0.05) is 5.92 Å². The molecule has 0 unspecified atom stereocenters. The van der Waals surface area contributed by atoms with E-state index < -0.39 is 0 Å². The number of rotatable bonds is 1. The van der Waals surface area contributed by atoms with Crippen LogP contribution < -0.4 is 0 Å². The predicted molar refractivity (Wildman–Crippen MR) is 74.8 cm³/mol. The molecule has 0 heteroatoms. The second kappa shape index (κ2) is 3.84. The van der Waals surface area contributed by atoms with Crippen molar-refractivity contribution in [2.24, 2.45) is 0 Å². The first-order valence-electron chi connectivity index (χ1n) is 6.75. The summed E-state index contributed by atoms with van der Waals surface area (Å²) >= 11 is 0. The van der Waals surface area contributed by atoms with Gasteiger partial charge in [-0.2, -0.15) is 0 Å². The second-order valence-corrected chi connectivity index (χ2v) is 5.38. The van der Waals surface area contributed by atoms with Crippen molar-refractivity contribution in [2.45, 2.75) is 24.7 Å². The van der Waals surface area contributed by atoms with E-state index in [2.05, 4.69) is 60.7 Å². The molecule has 0 amide bonds. The molecule has 0 aromatic heterocycles. The molecule has 1 saturated carbocycles. The Balaban J connectivity index is 1.76. The lowest BCUT2D eigenvalue weighted by Crippen LogP contribution is -2.28. The molecule has 0 N–H and O–H groups in total. The van der Waals surface area contributed by atoms with Crippen LogP contribution in [0, 0.1) is 0 Å². The third kappa shape index (κ3) is 1.38. The van der Waals surface area contributed by atoms with Gasteiger partial charge in [-0.1, -0.05) is 66.2 Å². The average molecular weight is 232 g/mol. The van der Waals surface area contributed by atoms with Crippen molar-refractivity contribution < 1.29 is 0 Å². The molecule has 0 radical (unpaired) electrons. The van der Waals surface area contributed by atoms with Crippen molar-refractivity contribution in [3.05, 3.63) is 82.9 Å². The lowest BCUT2D eigenvalue weighted by atomic mass is 9.60. The lowest BCUT2D eigenvalue weighted by Gasteiger charge is -2.43. The Morgan fingerprint density at radius 3 is 2.50 bits per heavy atom. The first kappa shape index (κ1) is 10.1. The summed E-state index contributed by atoms with van der Waals surface area (Å²) in [5, 5.41) is 0. The SMILES string of the molecule is C1=C2C[C@@H](c3ccccc3)[C@@H]2c2ccccc2C1. The summed E-state index contributed by atoms with van der Waals surface area (Å²) in [7, 11) is 0. The first-order chi connectivity index (χ1) is 8.93. The van der Waals surface area contributed by atoms with Gasteiger partial charge in [0.1, 0.15) is 0 Å². The molecule has 18 heavy (non-hydrogen) atoms. The van der Waals surface area contributed by atoms with Gasteiger partial charge in [-0.05, 0) is 35.4 Å². The van der Waals surface area contributed by atoms with Gasteiger partial charge in [0.15, 0.2) is 0 Å². The molecule has 0 nitrogen and oxygen atoms in total. The smallest absolute Gasteiger partial charge is 0.0123 e. The fourth-order valence-corrected chi connectivity index (χ4v) is 3.50. The fourth-order valence-electron chi connectivity index (χ4n) is 3.50. The van der Waals surface area contributed by atoms with E-state index in [1.165, 1.54) is 17.5 Å². The van der Waals surface area contributed by atoms with E-state index >= 15 is 0 Å². The molecule has 1 fully saturated rings. The molecule has 2 aromatic carbocycles. The number of allylic oxidation sites excluding steroid dienone is 2. The molecular weight excluding hydrogens is 216 g/mol. The topological polar surface area (TPSA) is 0 Å². The van der Waals surface area contributed by atoms with E-state index in [-0.39, 0.29) is 0 Å². The molecular formula is C18H16. The fraction of sp³-hybridized carbons (Fsp3) is 0.222. The minimum absolute atomic E-state index is 0.650. The molecule has 2 aromatic rings. The molecule has 88 valence electrons. The number of hydrogen-bond donors (Lipinski definition) is 0. The Labute approximate surface area is 108 Å². The number of hydrogen-bond acceptors (Lipinski definition) is 0. The Bertz CT molecular complexity index is 607. The van der Waals surface area contributed by atoms with Crippen LogP contribution in [0.15, 0.2) is 66.2 Å². The minimum Gasteiger partial charge on any atom is -0.0803 e. The van der Waals surface area contributed by atoms with E-state index in [9.17, 15) is 0 Å². The largest absolute Gasteiger partial charge is 0.0803 e. The van der Waals surface area contributed by atoms with Crippen molar-refractivity contribution >= 4 is 0 Å². The maximum atomic E-state index is 2.45. The summed E-state index contributed by atoms with van der Waals surface area (Å²) in [5.41, 5.74) is 6.24. The maximum absolute atomic E-state index is 2.45. The summed E-state index contributed by atoms with van der Waals surface area (Å²) in [5.74, 6) is 1.34. The zero-order valence-electron chi connectivity index (χ0n) is 10.3. The van der Waals surface area contributed by atoms with Crippen LogP contribution in [0.4, 0.5) is 0 Å². The van der Waals surface area contributed by atoms with Gasteiger partial charge in [0.2, 0.25) is 0 Å². The quantitative estimate of drug-likeness (QED) is 0.638. The normalized spacial score (nSPS) is 24.6. The summed E-state index contributed by atoms with van der Waals surface area (Å²) in [6.07, 6.45) is 4.83. The van der Waals surface area contributed by atoms with Crippen LogP contribution in [0.2, 0.25) is 0 Å². The van der Waals surface area contributed by atoms with Crippen molar-refractivity contribution in [1.29, 1.82) is 0 Å². The van der Waals surface area contributed by atoms with Crippen molar-refractivity contribution in [3.8, 4) is 0 Å². The van der Waals surface area contributed by atoms with Gasteiger partial charge >= 0.3 is 0 Å². The van der Waals surface area contributed by atoms with E-state index in [0.717, 1.165) is 6.42 Å². The summed E-state index contributed by atoms with van der Waals surface area (Å²) in [6.45, 7) is 0. The van der Waals surface area contributed by atoms with Gasteiger partial charge in [-0.15, -0.1) is 0 Å². The van der Waals surface area contributed by atoms with Crippen LogP contribution in [0.25, 0.3) is 0 Å². The lowest BCUT2D eigenvalue weighted by molar-refractivity contribution is 0.458. The highest BCUT2D eigenvalue weighted by molar-refractivity contribution is 5.50. The molecule has 2 aliphatic rings. The first-order valence-corrected chi connectivity index (χ1v) is 6.75. The minimum atomic E-state index is 0.650. The third-order valence-corrected chi connectivity index (χ3v) is 4.46. The highest BCUT2D eigenvalue weighted by Crippen LogP contribution is 2.55. The van der Waals surface area contributed by atoms with E-state index in [1.807, 2.05) is 0 Å². The van der Waals surface area contributed by atoms with Crippen LogP contribution in [0.5, 0.6) is 0 Å². The summed E-state index contributed by atoms with van der Waals surface area (Å²) in [4.78, 5) is 0. The van der Waals surface area contributed by atoms with Crippen molar-refractivity contribution in [2.75, 3.05) is 0 Å². The Morgan fingerprint density at radius 1 is 0.833 bits per heavy atom. The molecule has 0 saturated heterocycles. The van der Waals surface area contributed by atoms with Crippen LogP contribution in [-0.4, -0.2) is 0 Å². The molecule has 2 atom stereocenters. The Morgan fingerprint density at radius 2 is 1.61 bits per heavy atom. The molecule has 0 heterocycles. The summed E-state index contributed by atoms with van der Waals surface area (Å²) in [6, 6.07) is 19.9. The molecule has 0 bridgehead atoms. The predicted octanol–water partition coefficient (Wildman–Crippen LogP) is 4.44. The van der Waals surface area contributed by atoms with Gasteiger partial charge < -0.3 is 0 Å². The second-order valence-electron chi connectivity index (χ2n) is 5.38. The van der Waals surface area contributed by atoms with Crippen molar-refractivity contribution in [3.63, 3.8) is 0 Å². The van der Waals surface area contributed by atoms with Crippen LogP contribution in [0.3, 0.4) is 0 Å². The van der Waals surface area contributed by atoms with Crippen LogP contribution >= 0.6 is 0 Å². The number of fused-ring (bicyclic) bond motifs is 3. The van der Waals surface area contributed by atoms with Crippen LogP contribution in [0.1, 0.15) is 34.9 Å². The Hall–Kier alpha value is -1.82. The zero-order valence-corrected chi connectivity index (χ0v) is 10.3. The standard InChI is InChI=1S/C18H16/c1-2-6-13(7-3-1)17-12-15-11-10-14-8-4-5-9-16(14)18(15)17/h1-9,11,17-18H,10,12H2/t17-,18-/m0/s1. The van der Waals surface area contributed by atoms with Gasteiger partial charge in [0.05, 0.1) is 0 Å². The van der Waals surface area contributed by atoms with Gasteiger partial charge in [0.25, 0.3) is 0 Å². The highest BCUT2D eigenvalue weighted by Gasteiger charge is 2.40. The zero-order chi connectivity index (χ0) is 11.9. The van der Waals surface area contributed by atoms with Gasteiger partial charge in [-0.3, -0.25) is 0 Å². The third-order valence-electron chi connectivity index (χ3n) is 4.46. The average Bonchev–Trinajstić information content (AvgIpc) is 2.40.